The Hall–Kier alpha value is -2.86. The Bertz CT molecular complexity index is 794. The van der Waals surface area contributed by atoms with E-state index in [0.29, 0.717) is 0 Å². The molecule has 0 heteroatoms. The van der Waals surface area contributed by atoms with Gasteiger partial charge in [-0.3, -0.25) is 0 Å². The Morgan fingerprint density at radius 2 is 1.00 bits per heavy atom. The van der Waals surface area contributed by atoms with Crippen molar-refractivity contribution >= 4 is 17.2 Å². The van der Waals surface area contributed by atoms with Crippen LogP contribution in [-0.4, -0.2) is 0 Å². The maximum absolute atomic E-state index is 2.26. The highest BCUT2D eigenvalue weighted by atomic mass is 14.1. The molecule has 23 heavy (non-hydrogen) atoms. The second-order valence-electron chi connectivity index (χ2n) is 5.40. The molecule has 3 aromatic carbocycles. The topological polar surface area (TPSA) is 0 Å². The first-order chi connectivity index (χ1) is 11.4. The van der Waals surface area contributed by atoms with Gasteiger partial charge in [-0.1, -0.05) is 97.1 Å². The highest BCUT2D eigenvalue weighted by Gasteiger charge is 2.09. The third kappa shape index (κ3) is 3.67. The zero-order valence-electron chi connectivity index (χ0n) is 13.3. The summed E-state index contributed by atoms with van der Waals surface area (Å²) in [6, 6.07) is 31.6. The number of benzene rings is 3. The van der Waals surface area contributed by atoms with Crippen LogP contribution in [0, 0.1) is 0 Å². The van der Waals surface area contributed by atoms with E-state index in [9.17, 15) is 0 Å². The number of allylic oxidation sites excluding steroid dienone is 3. The lowest BCUT2D eigenvalue weighted by Crippen LogP contribution is -1.91. The Balaban J connectivity index is 2.14. The third-order valence-electron chi connectivity index (χ3n) is 3.86. The van der Waals surface area contributed by atoms with E-state index in [1.807, 2.05) is 6.07 Å². The molecule has 0 N–H and O–H groups in total. The van der Waals surface area contributed by atoms with Crippen molar-refractivity contribution in [3.05, 3.63) is 114 Å². The second-order valence-corrected chi connectivity index (χ2v) is 5.40. The molecule has 3 rings (SSSR count). The summed E-state index contributed by atoms with van der Waals surface area (Å²) in [6.07, 6.45) is 4.45. The van der Waals surface area contributed by atoms with Crippen molar-refractivity contribution in [1.82, 2.24) is 0 Å². The average molecular weight is 296 g/mol. The molecule has 0 nitrogen and oxygen atoms in total. The van der Waals surface area contributed by atoms with Crippen molar-refractivity contribution in [3.8, 4) is 0 Å². The summed E-state index contributed by atoms with van der Waals surface area (Å²) in [4.78, 5) is 0. The molecule has 0 fully saturated rings. The largest absolute Gasteiger partial charge is 0.0792 e. The van der Waals surface area contributed by atoms with Crippen LogP contribution in [0.4, 0.5) is 0 Å². The van der Waals surface area contributed by atoms with Crippen LogP contribution in [0.1, 0.15) is 23.6 Å². The standard InChI is InChI=1S/C23H20/c1-2-22(20-14-8-4-9-15-20)23(21-16-10-5-11-17-21)18-19-12-6-3-7-13-19/h2-18H,1H3/b22-2+,23-18-. The van der Waals surface area contributed by atoms with Gasteiger partial charge in [-0.15, -0.1) is 0 Å². The highest BCUT2D eigenvalue weighted by Crippen LogP contribution is 2.32. The summed E-state index contributed by atoms with van der Waals surface area (Å²) < 4.78 is 0. The van der Waals surface area contributed by atoms with Gasteiger partial charge < -0.3 is 0 Å². The number of rotatable bonds is 4. The lowest BCUT2D eigenvalue weighted by atomic mass is 9.90. The minimum atomic E-state index is 1.21. The molecule has 3 aromatic rings. The van der Waals surface area contributed by atoms with Gasteiger partial charge in [-0.2, -0.15) is 0 Å². The summed E-state index contributed by atoms with van der Waals surface area (Å²) in [5, 5.41) is 0. The molecule has 0 unspecified atom stereocenters. The number of hydrogen-bond acceptors (Lipinski definition) is 0. The maximum Gasteiger partial charge on any atom is -0.0103 e. The van der Waals surface area contributed by atoms with Crippen LogP contribution < -0.4 is 0 Å². The quantitative estimate of drug-likeness (QED) is 0.390. The van der Waals surface area contributed by atoms with Gasteiger partial charge >= 0.3 is 0 Å². The van der Waals surface area contributed by atoms with Gasteiger partial charge in [0.05, 0.1) is 0 Å². The van der Waals surface area contributed by atoms with Gasteiger partial charge in [-0.25, -0.2) is 0 Å². The van der Waals surface area contributed by atoms with Crippen molar-refractivity contribution in [2.24, 2.45) is 0 Å². The van der Waals surface area contributed by atoms with E-state index in [2.05, 4.69) is 104 Å². The molecule has 0 aliphatic rings. The van der Waals surface area contributed by atoms with E-state index < -0.39 is 0 Å². The van der Waals surface area contributed by atoms with Gasteiger partial charge in [0.15, 0.2) is 0 Å². The van der Waals surface area contributed by atoms with Crippen LogP contribution in [0.25, 0.3) is 17.2 Å². The fourth-order valence-electron chi connectivity index (χ4n) is 2.75. The first-order valence-electron chi connectivity index (χ1n) is 7.93. The van der Waals surface area contributed by atoms with Gasteiger partial charge in [0.25, 0.3) is 0 Å². The number of hydrogen-bond donors (Lipinski definition) is 0. The smallest absolute Gasteiger partial charge is 0.0103 e. The zero-order chi connectivity index (χ0) is 15.9. The Morgan fingerprint density at radius 1 is 0.565 bits per heavy atom. The van der Waals surface area contributed by atoms with Gasteiger partial charge in [0.1, 0.15) is 0 Å². The van der Waals surface area contributed by atoms with Crippen molar-refractivity contribution in [2.75, 3.05) is 0 Å². The highest BCUT2D eigenvalue weighted by molar-refractivity contribution is 6.10. The fraction of sp³-hybridized carbons (Fsp3) is 0.0435. The molecule has 0 heterocycles. The zero-order valence-corrected chi connectivity index (χ0v) is 13.3. The second kappa shape index (κ2) is 7.42. The van der Waals surface area contributed by atoms with E-state index in [0.717, 1.165) is 0 Å². The maximum atomic E-state index is 2.26. The van der Waals surface area contributed by atoms with Crippen LogP contribution in [0.15, 0.2) is 97.1 Å². The molecule has 0 radical (unpaired) electrons. The van der Waals surface area contributed by atoms with Crippen molar-refractivity contribution in [1.29, 1.82) is 0 Å². The summed E-state index contributed by atoms with van der Waals surface area (Å²) in [5.74, 6) is 0. The molecule has 0 aliphatic heterocycles. The Labute approximate surface area is 138 Å². The van der Waals surface area contributed by atoms with Crippen LogP contribution in [0.5, 0.6) is 0 Å². The minimum Gasteiger partial charge on any atom is -0.0792 e. The first kappa shape index (κ1) is 15.1. The molecule has 0 spiro atoms. The average Bonchev–Trinajstić information content (AvgIpc) is 2.64. The van der Waals surface area contributed by atoms with Crippen LogP contribution >= 0.6 is 0 Å². The van der Waals surface area contributed by atoms with E-state index in [1.54, 1.807) is 0 Å². The van der Waals surface area contributed by atoms with Crippen molar-refractivity contribution < 1.29 is 0 Å². The molecular formula is C23H20. The van der Waals surface area contributed by atoms with E-state index in [4.69, 9.17) is 0 Å². The van der Waals surface area contributed by atoms with E-state index >= 15 is 0 Å². The summed E-state index contributed by atoms with van der Waals surface area (Å²) in [7, 11) is 0. The Kier molecular flexibility index (Phi) is 4.85. The van der Waals surface area contributed by atoms with Crippen LogP contribution in [0.2, 0.25) is 0 Å². The van der Waals surface area contributed by atoms with Crippen LogP contribution in [-0.2, 0) is 0 Å². The molecule has 0 aromatic heterocycles. The van der Waals surface area contributed by atoms with E-state index in [-0.39, 0.29) is 0 Å². The summed E-state index contributed by atoms with van der Waals surface area (Å²) >= 11 is 0. The van der Waals surface area contributed by atoms with Gasteiger partial charge in [0, 0.05) is 0 Å². The molecule has 0 amide bonds. The molecule has 0 atom stereocenters. The SMILES string of the molecule is C/C=C(/C(=C\c1ccccc1)c1ccccc1)c1ccccc1. The lowest BCUT2D eigenvalue weighted by Gasteiger charge is -2.13. The molecular weight excluding hydrogens is 276 g/mol. The Morgan fingerprint density at radius 3 is 1.48 bits per heavy atom. The molecule has 0 bridgehead atoms. The van der Waals surface area contributed by atoms with Crippen molar-refractivity contribution in [2.45, 2.75) is 6.92 Å². The molecule has 112 valence electrons. The lowest BCUT2D eigenvalue weighted by molar-refractivity contribution is 1.57. The van der Waals surface area contributed by atoms with E-state index in [1.165, 1.54) is 27.8 Å². The predicted molar refractivity (Wildman–Crippen MR) is 101 cm³/mol. The fourth-order valence-corrected chi connectivity index (χ4v) is 2.75. The minimum absolute atomic E-state index is 1.21. The third-order valence-corrected chi connectivity index (χ3v) is 3.86. The van der Waals surface area contributed by atoms with Gasteiger partial charge in [0.2, 0.25) is 0 Å². The summed E-state index contributed by atoms with van der Waals surface area (Å²) in [6.45, 7) is 2.10. The molecule has 0 saturated heterocycles. The normalized spacial score (nSPS) is 12.2. The predicted octanol–water partition coefficient (Wildman–Crippen LogP) is 6.33. The van der Waals surface area contributed by atoms with Crippen molar-refractivity contribution in [3.63, 3.8) is 0 Å². The van der Waals surface area contributed by atoms with Crippen LogP contribution in [0.3, 0.4) is 0 Å². The first-order valence-corrected chi connectivity index (χ1v) is 7.93. The van der Waals surface area contributed by atoms with Gasteiger partial charge in [-0.05, 0) is 40.8 Å². The monoisotopic (exact) mass is 296 g/mol. The molecule has 0 saturated carbocycles. The molecule has 0 aliphatic carbocycles. The summed E-state index contributed by atoms with van der Waals surface area (Å²) in [5.41, 5.74) is 6.17.